The lowest BCUT2D eigenvalue weighted by Gasteiger charge is -2.08. The fraction of sp³-hybridized carbons (Fsp3) is 0.0435. The standard InChI is InChI=1S/C23H16INO3/c1-14-6-11-21-17(12-14)20(26)13-22(28-21)15-7-9-16(10-8-15)23(27)25-19-5-3-2-4-18(19)24/h2-13H,1H3,(H,25,27). The smallest absolute Gasteiger partial charge is 0.255 e. The zero-order chi connectivity index (χ0) is 19.7. The lowest BCUT2D eigenvalue weighted by Crippen LogP contribution is -2.12. The third-order valence-electron chi connectivity index (χ3n) is 4.44. The lowest BCUT2D eigenvalue weighted by atomic mass is 10.1. The summed E-state index contributed by atoms with van der Waals surface area (Å²) in [6.07, 6.45) is 0. The molecule has 0 aliphatic rings. The first-order valence-electron chi connectivity index (χ1n) is 8.72. The second-order valence-electron chi connectivity index (χ2n) is 6.49. The molecular formula is C23H16INO3. The molecule has 0 fully saturated rings. The normalized spacial score (nSPS) is 10.8. The average Bonchev–Trinajstić information content (AvgIpc) is 2.70. The Labute approximate surface area is 175 Å². The highest BCUT2D eigenvalue weighted by atomic mass is 127. The van der Waals surface area contributed by atoms with E-state index in [1.807, 2.05) is 43.3 Å². The van der Waals surface area contributed by atoms with Gasteiger partial charge in [0.15, 0.2) is 5.43 Å². The van der Waals surface area contributed by atoms with Crippen molar-refractivity contribution in [2.45, 2.75) is 6.92 Å². The van der Waals surface area contributed by atoms with Gasteiger partial charge in [0.05, 0.1) is 11.1 Å². The van der Waals surface area contributed by atoms with Crippen molar-refractivity contribution < 1.29 is 9.21 Å². The van der Waals surface area contributed by atoms with Crippen molar-refractivity contribution in [3.63, 3.8) is 0 Å². The van der Waals surface area contributed by atoms with Crippen LogP contribution in [-0.2, 0) is 0 Å². The van der Waals surface area contributed by atoms with Crippen molar-refractivity contribution in [2.75, 3.05) is 5.32 Å². The largest absolute Gasteiger partial charge is 0.456 e. The number of hydrogen-bond donors (Lipinski definition) is 1. The third-order valence-corrected chi connectivity index (χ3v) is 5.38. The van der Waals surface area contributed by atoms with Gasteiger partial charge in [-0.25, -0.2) is 0 Å². The van der Waals surface area contributed by atoms with E-state index in [9.17, 15) is 9.59 Å². The maximum atomic E-state index is 12.5. The van der Waals surface area contributed by atoms with Gasteiger partial charge >= 0.3 is 0 Å². The lowest BCUT2D eigenvalue weighted by molar-refractivity contribution is 0.102. The molecule has 28 heavy (non-hydrogen) atoms. The van der Waals surface area contributed by atoms with Crippen LogP contribution in [0.1, 0.15) is 15.9 Å². The second kappa shape index (κ2) is 7.59. The summed E-state index contributed by atoms with van der Waals surface area (Å²) in [4.78, 5) is 24.9. The van der Waals surface area contributed by atoms with Gasteiger partial charge in [-0.05, 0) is 65.9 Å². The molecule has 4 aromatic rings. The molecule has 4 rings (SSSR count). The number of nitrogens with one attached hydrogen (secondary N) is 1. The van der Waals surface area contributed by atoms with Crippen molar-refractivity contribution >= 4 is 45.2 Å². The topological polar surface area (TPSA) is 59.3 Å². The molecule has 1 amide bonds. The predicted octanol–water partition coefficient (Wildman–Crippen LogP) is 5.63. The van der Waals surface area contributed by atoms with E-state index in [4.69, 9.17) is 4.42 Å². The van der Waals surface area contributed by atoms with Crippen LogP contribution in [0, 0.1) is 10.5 Å². The summed E-state index contributed by atoms with van der Waals surface area (Å²) in [5.41, 5.74) is 3.52. The van der Waals surface area contributed by atoms with E-state index in [0.717, 1.165) is 20.4 Å². The number of anilines is 1. The molecule has 138 valence electrons. The van der Waals surface area contributed by atoms with Gasteiger partial charge in [0.1, 0.15) is 11.3 Å². The average molecular weight is 481 g/mol. The molecule has 0 saturated heterocycles. The van der Waals surface area contributed by atoms with E-state index < -0.39 is 0 Å². The molecule has 0 aliphatic carbocycles. The SMILES string of the molecule is Cc1ccc2oc(-c3ccc(C(=O)Nc4ccccc4I)cc3)cc(=O)c2c1. The van der Waals surface area contributed by atoms with E-state index in [1.54, 1.807) is 30.3 Å². The number of halogens is 1. The van der Waals surface area contributed by atoms with Crippen LogP contribution in [-0.4, -0.2) is 5.91 Å². The monoisotopic (exact) mass is 481 g/mol. The maximum absolute atomic E-state index is 12.5. The molecule has 3 aromatic carbocycles. The van der Waals surface area contributed by atoms with Crippen molar-refractivity contribution in [3.05, 3.63) is 97.7 Å². The van der Waals surface area contributed by atoms with Crippen molar-refractivity contribution in [1.82, 2.24) is 0 Å². The van der Waals surface area contributed by atoms with Gasteiger partial charge in [-0.2, -0.15) is 0 Å². The molecule has 0 bridgehead atoms. The molecule has 1 heterocycles. The van der Waals surface area contributed by atoms with E-state index >= 15 is 0 Å². The first kappa shape index (κ1) is 18.4. The minimum Gasteiger partial charge on any atom is -0.456 e. The van der Waals surface area contributed by atoms with Crippen molar-refractivity contribution in [3.8, 4) is 11.3 Å². The number of rotatable bonds is 3. The van der Waals surface area contributed by atoms with Gasteiger partial charge < -0.3 is 9.73 Å². The van der Waals surface area contributed by atoms with Gasteiger partial charge in [0.25, 0.3) is 5.91 Å². The molecule has 0 saturated carbocycles. The predicted molar refractivity (Wildman–Crippen MR) is 120 cm³/mol. The zero-order valence-corrected chi connectivity index (χ0v) is 17.2. The molecule has 1 aromatic heterocycles. The van der Waals surface area contributed by atoms with Gasteiger partial charge in [0, 0.05) is 20.8 Å². The summed E-state index contributed by atoms with van der Waals surface area (Å²) < 4.78 is 6.86. The molecular weight excluding hydrogens is 465 g/mol. The summed E-state index contributed by atoms with van der Waals surface area (Å²) >= 11 is 2.18. The molecule has 1 N–H and O–H groups in total. The highest BCUT2D eigenvalue weighted by Gasteiger charge is 2.11. The summed E-state index contributed by atoms with van der Waals surface area (Å²) in [6.45, 7) is 1.94. The highest BCUT2D eigenvalue weighted by molar-refractivity contribution is 14.1. The van der Waals surface area contributed by atoms with E-state index in [2.05, 4.69) is 27.9 Å². The Morgan fingerprint density at radius 2 is 1.71 bits per heavy atom. The molecule has 0 radical (unpaired) electrons. The number of fused-ring (bicyclic) bond motifs is 1. The molecule has 5 heteroatoms. The van der Waals surface area contributed by atoms with Crippen LogP contribution >= 0.6 is 22.6 Å². The van der Waals surface area contributed by atoms with Crippen LogP contribution in [0.25, 0.3) is 22.3 Å². The number of para-hydroxylation sites is 1. The van der Waals surface area contributed by atoms with Crippen LogP contribution in [0.5, 0.6) is 0 Å². The van der Waals surface area contributed by atoms with Gasteiger partial charge in [-0.1, -0.05) is 35.9 Å². The number of hydrogen-bond acceptors (Lipinski definition) is 3. The summed E-state index contributed by atoms with van der Waals surface area (Å²) in [6, 6.07) is 21.6. The Hall–Kier alpha value is -2.93. The number of amides is 1. The first-order valence-corrected chi connectivity index (χ1v) is 9.80. The number of aryl methyl sites for hydroxylation is 1. The van der Waals surface area contributed by atoms with Crippen LogP contribution in [0.2, 0.25) is 0 Å². The number of carbonyl (C=O) groups is 1. The van der Waals surface area contributed by atoms with Crippen LogP contribution < -0.4 is 10.7 Å². The van der Waals surface area contributed by atoms with Gasteiger partial charge in [0.2, 0.25) is 0 Å². The minimum absolute atomic E-state index is 0.0829. The third kappa shape index (κ3) is 3.71. The molecule has 4 nitrogen and oxygen atoms in total. The quantitative estimate of drug-likeness (QED) is 0.386. The van der Waals surface area contributed by atoms with E-state index in [1.165, 1.54) is 6.07 Å². The Morgan fingerprint density at radius 1 is 0.964 bits per heavy atom. The molecule has 0 spiro atoms. The first-order chi connectivity index (χ1) is 13.5. The van der Waals surface area contributed by atoms with E-state index in [0.29, 0.717) is 22.3 Å². The fourth-order valence-corrected chi connectivity index (χ4v) is 3.48. The van der Waals surface area contributed by atoms with Crippen molar-refractivity contribution in [2.24, 2.45) is 0 Å². The van der Waals surface area contributed by atoms with Crippen LogP contribution in [0.3, 0.4) is 0 Å². The Morgan fingerprint density at radius 3 is 2.46 bits per heavy atom. The molecule has 0 unspecified atom stereocenters. The second-order valence-corrected chi connectivity index (χ2v) is 7.65. The molecule has 0 aliphatic heterocycles. The van der Waals surface area contributed by atoms with E-state index in [-0.39, 0.29) is 11.3 Å². The van der Waals surface area contributed by atoms with Crippen LogP contribution in [0.4, 0.5) is 5.69 Å². The Balaban J connectivity index is 1.62. The Kier molecular flexibility index (Phi) is 5.00. The van der Waals surface area contributed by atoms with Crippen LogP contribution in [0.15, 0.2) is 82.0 Å². The zero-order valence-electron chi connectivity index (χ0n) is 15.0. The minimum atomic E-state index is -0.189. The number of benzene rings is 3. The van der Waals surface area contributed by atoms with Gasteiger partial charge in [-0.15, -0.1) is 0 Å². The van der Waals surface area contributed by atoms with Crippen molar-refractivity contribution in [1.29, 1.82) is 0 Å². The summed E-state index contributed by atoms with van der Waals surface area (Å²) in [5, 5.41) is 3.47. The summed E-state index contributed by atoms with van der Waals surface area (Å²) in [7, 11) is 0. The Bertz CT molecular complexity index is 1240. The maximum Gasteiger partial charge on any atom is 0.255 e. The molecule has 0 atom stereocenters. The highest BCUT2D eigenvalue weighted by Crippen LogP contribution is 2.24. The van der Waals surface area contributed by atoms with Gasteiger partial charge in [-0.3, -0.25) is 9.59 Å². The summed E-state index contributed by atoms with van der Waals surface area (Å²) in [5.74, 6) is 0.289. The number of carbonyl (C=O) groups excluding carboxylic acids is 1. The fourth-order valence-electron chi connectivity index (χ4n) is 2.96.